The molecule has 0 aliphatic heterocycles. The summed E-state index contributed by atoms with van der Waals surface area (Å²) in [5.41, 5.74) is 4.93. The highest BCUT2D eigenvalue weighted by atomic mass is 16.6. The first-order chi connectivity index (χ1) is 6.72. The van der Waals surface area contributed by atoms with Crippen molar-refractivity contribution >= 4 is 12.4 Å². The first-order valence-electron chi connectivity index (χ1n) is 5.12. The highest BCUT2D eigenvalue weighted by molar-refractivity contribution is 5.64. The molecule has 0 atom stereocenters. The molecule has 4 nitrogen and oxygen atoms in total. The fraction of sp³-hybridized carbons (Fsp3) is 0.800. The molecule has 0 aromatic heterocycles. The standard InChI is InChI=1S/C10H17NO3/c11-10(13)14-9-5-3-8(4-6-9)2-1-7-12/h7-9H,1-6H2,(H2,11,13)/t8-,9-. The first kappa shape index (κ1) is 11.0. The molecule has 0 unspecified atom stereocenters. The van der Waals surface area contributed by atoms with Gasteiger partial charge in [-0.2, -0.15) is 0 Å². The van der Waals surface area contributed by atoms with Crippen molar-refractivity contribution in [1.82, 2.24) is 0 Å². The van der Waals surface area contributed by atoms with Gasteiger partial charge < -0.3 is 15.3 Å². The van der Waals surface area contributed by atoms with Crippen molar-refractivity contribution in [2.75, 3.05) is 0 Å². The number of hydrogen-bond donors (Lipinski definition) is 1. The minimum absolute atomic E-state index is 0.0000175. The van der Waals surface area contributed by atoms with Crippen LogP contribution in [0.1, 0.15) is 38.5 Å². The average Bonchev–Trinajstić information content (AvgIpc) is 2.16. The van der Waals surface area contributed by atoms with Gasteiger partial charge in [-0.3, -0.25) is 0 Å². The maximum absolute atomic E-state index is 10.5. The Morgan fingerprint density at radius 1 is 1.36 bits per heavy atom. The van der Waals surface area contributed by atoms with Crippen LogP contribution in [0.4, 0.5) is 4.79 Å². The maximum Gasteiger partial charge on any atom is 0.404 e. The molecular formula is C10H17NO3. The molecule has 1 fully saturated rings. The van der Waals surface area contributed by atoms with Gasteiger partial charge in [-0.05, 0) is 38.0 Å². The summed E-state index contributed by atoms with van der Waals surface area (Å²) in [6.45, 7) is 0. The molecule has 0 radical (unpaired) electrons. The van der Waals surface area contributed by atoms with Crippen LogP contribution in [-0.4, -0.2) is 18.5 Å². The Labute approximate surface area is 83.8 Å². The van der Waals surface area contributed by atoms with Crippen LogP contribution in [0.2, 0.25) is 0 Å². The Balaban J connectivity index is 2.17. The van der Waals surface area contributed by atoms with E-state index in [0.717, 1.165) is 38.4 Å². The second-order valence-corrected chi connectivity index (χ2v) is 3.82. The lowest BCUT2D eigenvalue weighted by Gasteiger charge is -2.27. The van der Waals surface area contributed by atoms with Crippen molar-refractivity contribution in [1.29, 1.82) is 0 Å². The number of nitrogens with two attached hydrogens (primary N) is 1. The molecule has 14 heavy (non-hydrogen) atoms. The van der Waals surface area contributed by atoms with E-state index in [1.807, 2.05) is 0 Å². The number of amides is 1. The normalized spacial score (nSPS) is 26.9. The molecule has 80 valence electrons. The molecule has 0 aromatic rings. The summed E-state index contributed by atoms with van der Waals surface area (Å²) in [6, 6.07) is 0. The van der Waals surface area contributed by atoms with E-state index < -0.39 is 6.09 Å². The minimum Gasteiger partial charge on any atom is -0.446 e. The number of carbonyl (C=O) groups excluding carboxylic acids is 2. The molecule has 0 saturated heterocycles. The lowest BCUT2D eigenvalue weighted by atomic mass is 9.85. The topological polar surface area (TPSA) is 69.4 Å². The Morgan fingerprint density at radius 3 is 2.50 bits per heavy atom. The van der Waals surface area contributed by atoms with E-state index in [-0.39, 0.29) is 6.10 Å². The summed E-state index contributed by atoms with van der Waals surface area (Å²) in [7, 11) is 0. The second kappa shape index (κ2) is 5.62. The molecule has 4 heteroatoms. The monoisotopic (exact) mass is 199 g/mol. The van der Waals surface area contributed by atoms with E-state index in [0.29, 0.717) is 12.3 Å². The van der Waals surface area contributed by atoms with Crippen LogP contribution in [-0.2, 0) is 9.53 Å². The summed E-state index contributed by atoms with van der Waals surface area (Å²) in [4.78, 5) is 20.6. The maximum atomic E-state index is 10.5. The molecule has 1 rings (SSSR count). The Bertz CT molecular complexity index is 198. The van der Waals surface area contributed by atoms with Gasteiger partial charge in [0, 0.05) is 6.42 Å². The molecule has 1 aliphatic rings. The van der Waals surface area contributed by atoms with E-state index >= 15 is 0 Å². The van der Waals surface area contributed by atoms with Gasteiger partial charge in [0.05, 0.1) is 0 Å². The van der Waals surface area contributed by atoms with Crippen molar-refractivity contribution in [2.45, 2.75) is 44.6 Å². The van der Waals surface area contributed by atoms with Gasteiger partial charge in [-0.15, -0.1) is 0 Å². The molecular weight excluding hydrogens is 182 g/mol. The van der Waals surface area contributed by atoms with Gasteiger partial charge in [0.1, 0.15) is 12.4 Å². The third kappa shape index (κ3) is 3.77. The van der Waals surface area contributed by atoms with Gasteiger partial charge in [-0.25, -0.2) is 4.79 Å². The van der Waals surface area contributed by atoms with Crippen LogP contribution >= 0.6 is 0 Å². The number of carbonyl (C=O) groups is 2. The molecule has 1 aliphatic carbocycles. The van der Waals surface area contributed by atoms with E-state index in [2.05, 4.69) is 0 Å². The van der Waals surface area contributed by atoms with E-state index in [4.69, 9.17) is 10.5 Å². The highest BCUT2D eigenvalue weighted by Crippen LogP contribution is 2.28. The SMILES string of the molecule is NC(=O)O[C@H]1CC[C@H](CCC=O)CC1. The van der Waals surface area contributed by atoms with Gasteiger partial charge in [-0.1, -0.05) is 0 Å². The lowest BCUT2D eigenvalue weighted by molar-refractivity contribution is -0.108. The molecule has 0 bridgehead atoms. The Morgan fingerprint density at radius 2 is 2.00 bits per heavy atom. The van der Waals surface area contributed by atoms with Crippen molar-refractivity contribution in [2.24, 2.45) is 11.7 Å². The second-order valence-electron chi connectivity index (χ2n) is 3.82. The third-order valence-corrected chi connectivity index (χ3v) is 2.77. The van der Waals surface area contributed by atoms with E-state index in [9.17, 15) is 9.59 Å². The number of ether oxygens (including phenoxy) is 1. The van der Waals surface area contributed by atoms with Gasteiger partial charge in [0.2, 0.25) is 0 Å². The third-order valence-electron chi connectivity index (χ3n) is 2.77. The summed E-state index contributed by atoms with van der Waals surface area (Å²) in [6.07, 6.45) is 5.72. The van der Waals surface area contributed by atoms with Gasteiger partial charge in [0.25, 0.3) is 0 Å². The average molecular weight is 199 g/mol. The van der Waals surface area contributed by atoms with Gasteiger partial charge >= 0.3 is 6.09 Å². The molecule has 2 N–H and O–H groups in total. The zero-order valence-corrected chi connectivity index (χ0v) is 8.28. The molecule has 0 aromatic carbocycles. The van der Waals surface area contributed by atoms with Gasteiger partial charge in [0.15, 0.2) is 0 Å². The first-order valence-corrected chi connectivity index (χ1v) is 5.12. The van der Waals surface area contributed by atoms with Crippen molar-refractivity contribution < 1.29 is 14.3 Å². The fourth-order valence-electron chi connectivity index (χ4n) is 2.01. The number of primary amides is 1. The van der Waals surface area contributed by atoms with Crippen LogP contribution in [0.25, 0.3) is 0 Å². The summed E-state index contributed by atoms with van der Waals surface area (Å²) < 4.78 is 4.91. The van der Waals surface area contributed by atoms with Crippen molar-refractivity contribution in [3.8, 4) is 0 Å². The predicted octanol–water partition coefficient (Wildman–Crippen LogP) is 1.62. The van der Waals surface area contributed by atoms with Crippen LogP contribution < -0.4 is 5.73 Å². The molecule has 0 spiro atoms. The lowest BCUT2D eigenvalue weighted by Crippen LogP contribution is -2.27. The summed E-state index contributed by atoms with van der Waals surface area (Å²) in [5, 5.41) is 0. The van der Waals surface area contributed by atoms with Crippen molar-refractivity contribution in [3.63, 3.8) is 0 Å². The quantitative estimate of drug-likeness (QED) is 0.699. The van der Waals surface area contributed by atoms with Crippen molar-refractivity contribution in [3.05, 3.63) is 0 Å². The van der Waals surface area contributed by atoms with Crippen LogP contribution in [0.3, 0.4) is 0 Å². The largest absolute Gasteiger partial charge is 0.446 e. The van der Waals surface area contributed by atoms with Crippen LogP contribution in [0.15, 0.2) is 0 Å². The molecule has 1 saturated carbocycles. The smallest absolute Gasteiger partial charge is 0.404 e. The number of hydrogen-bond acceptors (Lipinski definition) is 3. The molecule has 0 heterocycles. The van der Waals surface area contributed by atoms with E-state index in [1.165, 1.54) is 0 Å². The molecule has 1 amide bonds. The summed E-state index contributed by atoms with van der Waals surface area (Å²) >= 11 is 0. The zero-order chi connectivity index (χ0) is 10.4. The van der Waals surface area contributed by atoms with Crippen LogP contribution in [0, 0.1) is 5.92 Å². The number of aldehydes is 1. The van der Waals surface area contributed by atoms with E-state index in [1.54, 1.807) is 0 Å². The Kier molecular flexibility index (Phi) is 4.43. The predicted molar refractivity (Wildman–Crippen MR) is 51.7 cm³/mol. The fourth-order valence-corrected chi connectivity index (χ4v) is 2.01. The zero-order valence-electron chi connectivity index (χ0n) is 8.28. The Hall–Kier alpha value is -1.06. The number of rotatable bonds is 4. The minimum atomic E-state index is -0.679. The van der Waals surface area contributed by atoms with Crippen LogP contribution in [0.5, 0.6) is 0 Å². The summed E-state index contributed by atoms with van der Waals surface area (Å²) in [5.74, 6) is 0.618. The highest BCUT2D eigenvalue weighted by Gasteiger charge is 2.22.